The summed E-state index contributed by atoms with van der Waals surface area (Å²) in [7, 11) is 0. The van der Waals surface area contributed by atoms with Crippen LogP contribution in [0.25, 0.3) is 16.6 Å². The molecular weight excluding hydrogens is 226 g/mol. The van der Waals surface area contributed by atoms with Crippen LogP contribution in [0.3, 0.4) is 0 Å². The minimum Gasteiger partial charge on any atom is -0.396 e. The van der Waals surface area contributed by atoms with Crippen LogP contribution in [0.15, 0.2) is 30.7 Å². The molecule has 5 heteroatoms. The summed E-state index contributed by atoms with van der Waals surface area (Å²) >= 11 is 0. The zero-order valence-electron chi connectivity index (χ0n) is 10.3. The molecule has 0 atom stereocenters. The van der Waals surface area contributed by atoms with E-state index in [2.05, 4.69) is 15.1 Å². The van der Waals surface area contributed by atoms with Crippen LogP contribution in [0.1, 0.15) is 11.5 Å². The molecule has 0 aliphatic rings. The van der Waals surface area contributed by atoms with Gasteiger partial charge in [0.1, 0.15) is 11.3 Å². The van der Waals surface area contributed by atoms with Crippen molar-refractivity contribution in [2.75, 3.05) is 5.73 Å². The first kappa shape index (κ1) is 10.7. The van der Waals surface area contributed by atoms with E-state index >= 15 is 0 Å². The van der Waals surface area contributed by atoms with Crippen molar-refractivity contribution in [3.8, 4) is 11.1 Å². The number of rotatable bonds is 1. The second-order valence-corrected chi connectivity index (χ2v) is 4.21. The van der Waals surface area contributed by atoms with Gasteiger partial charge >= 0.3 is 0 Å². The van der Waals surface area contributed by atoms with Gasteiger partial charge in [0.25, 0.3) is 0 Å². The molecule has 0 aliphatic carbocycles. The monoisotopic (exact) mass is 239 g/mol. The van der Waals surface area contributed by atoms with Crippen molar-refractivity contribution in [3.63, 3.8) is 0 Å². The molecule has 0 fully saturated rings. The molecule has 0 saturated heterocycles. The number of nitrogen functional groups attached to an aromatic ring is 1. The van der Waals surface area contributed by atoms with E-state index < -0.39 is 0 Å². The SMILES string of the molecule is Cc1nn2c(C)ncc2c(N)c1-c1ccncc1. The Balaban J connectivity index is 2.37. The number of aryl methyl sites for hydroxylation is 2. The van der Waals surface area contributed by atoms with Crippen LogP contribution in [0.5, 0.6) is 0 Å². The number of fused-ring (bicyclic) bond motifs is 1. The number of nitrogens with two attached hydrogens (primary N) is 1. The fourth-order valence-electron chi connectivity index (χ4n) is 2.15. The molecule has 0 saturated carbocycles. The predicted molar refractivity (Wildman–Crippen MR) is 70.1 cm³/mol. The molecule has 3 heterocycles. The lowest BCUT2D eigenvalue weighted by Gasteiger charge is -2.10. The van der Waals surface area contributed by atoms with Gasteiger partial charge in [-0.05, 0) is 31.5 Å². The summed E-state index contributed by atoms with van der Waals surface area (Å²) in [5, 5.41) is 4.53. The maximum atomic E-state index is 6.24. The van der Waals surface area contributed by atoms with Crippen LogP contribution < -0.4 is 5.73 Å². The number of imidazole rings is 1. The first-order valence-electron chi connectivity index (χ1n) is 5.69. The first-order valence-corrected chi connectivity index (χ1v) is 5.69. The normalized spacial score (nSPS) is 11.0. The van der Waals surface area contributed by atoms with Crippen LogP contribution in [0, 0.1) is 13.8 Å². The third kappa shape index (κ3) is 1.44. The number of nitrogens with zero attached hydrogens (tertiary/aromatic N) is 4. The van der Waals surface area contributed by atoms with Gasteiger partial charge in [-0.3, -0.25) is 4.98 Å². The Bertz CT molecular complexity index is 715. The molecular formula is C13H13N5. The molecule has 0 amide bonds. The molecule has 0 bridgehead atoms. The van der Waals surface area contributed by atoms with Crippen LogP contribution in [0.4, 0.5) is 5.69 Å². The van der Waals surface area contributed by atoms with E-state index in [-0.39, 0.29) is 0 Å². The van der Waals surface area contributed by atoms with Crippen molar-refractivity contribution in [2.24, 2.45) is 0 Å². The van der Waals surface area contributed by atoms with Crippen LogP contribution in [0.2, 0.25) is 0 Å². The highest BCUT2D eigenvalue weighted by Crippen LogP contribution is 2.31. The largest absolute Gasteiger partial charge is 0.396 e. The summed E-state index contributed by atoms with van der Waals surface area (Å²) < 4.78 is 1.77. The average molecular weight is 239 g/mol. The van der Waals surface area contributed by atoms with Gasteiger partial charge in [0.2, 0.25) is 0 Å². The van der Waals surface area contributed by atoms with Crippen molar-refractivity contribution in [1.29, 1.82) is 0 Å². The molecule has 5 nitrogen and oxygen atoms in total. The maximum absolute atomic E-state index is 6.24. The van der Waals surface area contributed by atoms with Gasteiger partial charge in [-0.1, -0.05) is 0 Å². The highest BCUT2D eigenvalue weighted by Gasteiger charge is 2.13. The summed E-state index contributed by atoms with van der Waals surface area (Å²) in [4.78, 5) is 8.26. The number of hydrogen-bond donors (Lipinski definition) is 1. The van der Waals surface area contributed by atoms with Gasteiger partial charge in [0.05, 0.1) is 17.6 Å². The number of anilines is 1. The molecule has 0 spiro atoms. The summed E-state index contributed by atoms with van der Waals surface area (Å²) in [5.74, 6) is 0.834. The molecule has 0 aliphatic heterocycles. The van der Waals surface area contributed by atoms with Crippen molar-refractivity contribution < 1.29 is 0 Å². The highest BCUT2D eigenvalue weighted by molar-refractivity contribution is 5.87. The predicted octanol–water partition coefficient (Wildman–Crippen LogP) is 1.99. The minimum absolute atomic E-state index is 0.703. The molecule has 3 aromatic rings. The van der Waals surface area contributed by atoms with E-state index in [1.54, 1.807) is 23.1 Å². The van der Waals surface area contributed by atoms with Crippen molar-refractivity contribution >= 4 is 11.2 Å². The number of pyridine rings is 1. The average Bonchev–Trinajstić information content (AvgIpc) is 2.73. The zero-order chi connectivity index (χ0) is 12.7. The van der Waals surface area contributed by atoms with Gasteiger partial charge in [-0.2, -0.15) is 5.10 Å². The smallest absolute Gasteiger partial charge is 0.127 e. The molecule has 90 valence electrons. The van der Waals surface area contributed by atoms with E-state index in [0.29, 0.717) is 5.69 Å². The number of hydrogen-bond acceptors (Lipinski definition) is 4. The van der Waals surface area contributed by atoms with Gasteiger partial charge < -0.3 is 5.73 Å². The second kappa shape index (κ2) is 3.80. The fraction of sp³-hybridized carbons (Fsp3) is 0.154. The summed E-state index contributed by atoms with van der Waals surface area (Å²) in [6.07, 6.45) is 5.25. The molecule has 0 aromatic carbocycles. The lowest BCUT2D eigenvalue weighted by Crippen LogP contribution is -2.04. The lowest BCUT2D eigenvalue weighted by molar-refractivity contribution is 0.855. The lowest BCUT2D eigenvalue weighted by atomic mass is 10.0. The van der Waals surface area contributed by atoms with Gasteiger partial charge in [-0.15, -0.1) is 0 Å². The summed E-state index contributed by atoms with van der Waals surface area (Å²) in [6, 6.07) is 3.86. The molecule has 0 radical (unpaired) electrons. The van der Waals surface area contributed by atoms with E-state index in [4.69, 9.17) is 5.73 Å². The standard InChI is InChI=1S/C13H13N5/c1-8-12(10-3-5-15-6-4-10)13(14)11-7-16-9(2)18(11)17-8/h3-7H,14H2,1-2H3. The van der Waals surface area contributed by atoms with E-state index in [0.717, 1.165) is 28.2 Å². The Morgan fingerprint density at radius 2 is 1.89 bits per heavy atom. The van der Waals surface area contributed by atoms with Gasteiger partial charge in [0.15, 0.2) is 0 Å². The Kier molecular flexibility index (Phi) is 2.26. The molecule has 2 N–H and O–H groups in total. The highest BCUT2D eigenvalue weighted by atomic mass is 15.3. The second-order valence-electron chi connectivity index (χ2n) is 4.21. The Labute approximate surface area is 104 Å². The van der Waals surface area contributed by atoms with E-state index in [9.17, 15) is 0 Å². The first-order chi connectivity index (χ1) is 8.68. The van der Waals surface area contributed by atoms with Crippen LogP contribution >= 0.6 is 0 Å². The number of aromatic nitrogens is 4. The summed E-state index contributed by atoms with van der Waals surface area (Å²) in [5.41, 5.74) is 10.6. The quantitative estimate of drug-likeness (QED) is 0.705. The summed E-state index contributed by atoms with van der Waals surface area (Å²) in [6.45, 7) is 3.86. The Morgan fingerprint density at radius 1 is 1.17 bits per heavy atom. The zero-order valence-corrected chi connectivity index (χ0v) is 10.3. The third-order valence-electron chi connectivity index (χ3n) is 3.03. The Hall–Kier alpha value is -2.43. The maximum Gasteiger partial charge on any atom is 0.127 e. The van der Waals surface area contributed by atoms with Crippen LogP contribution in [-0.4, -0.2) is 19.6 Å². The molecule has 3 rings (SSSR count). The van der Waals surface area contributed by atoms with Gasteiger partial charge in [0, 0.05) is 18.0 Å². The fourth-order valence-corrected chi connectivity index (χ4v) is 2.15. The topological polar surface area (TPSA) is 69.1 Å². The molecule has 0 unspecified atom stereocenters. The Morgan fingerprint density at radius 3 is 2.61 bits per heavy atom. The van der Waals surface area contributed by atoms with Crippen LogP contribution in [-0.2, 0) is 0 Å². The van der Waals surface area contributed by atoms with E-state index in [1.165, 1.54) is 0 Å². The van der Waals surface area contributed by atoms with Crippen molar-refractivity contribution in [2.45, 2.75) is 13.8 Å². The van der Waals surface area contributed by atoms with E-state index in [1.807, 2.05) is 26.0 Å². The van der Waals surface area contributed by atoms with Gasteiger partial charge in [-0.25, -0.2) is 9.50 Å². The third-order valence-corrected chi connectivity index (χ3v) is 3.03. The van der Waals surface area contributed by atoms with Crippen molar-refractivity contribution in [3.05, 3.63) is 42.2 Å². The van der Waals surface area contributed by atoms with Crippen molar-refractivity contribution in [1.82, 2.24) is 19.6 Å². The molecule has 18 heavy (non-hydrogen) atoms. The minimum atomic E-state index is 0.703. The molecule has 3 aromatic heterocycles.